The molecule has 3 rings (SSSR count). The lowest BCUT2D eigenvalue weighted by molar-refractivity contribution is 0.169. The van der Waals surface area contributed by atoms with Crippen LogP contribution in [0.5, 0.6) is 5.75 Å². The standard InChI is InChI=1S/C18H20N2O3/c1-12(20-11-15(21)13-6-8-19-9-7-13)17-10-14-4-3-5-16(22-2)18(14)23-17/h3-10,12,15,20-21H,11H2,1-2H3/t12-,15-/m0/s1. The van der Waals surface area contributed by atoms with Gasteiger partial charge < -0.3 is 19.6 Å². The highest BCUT2D eigenvalue weighted by Gasteiger charge is 2.15. The van der Waals surface area contributed by atoms with E-state index in [-0.39, 0.29) is 6.04 Å². The zero-order chi connectivity index (χ0) is 16.2. The fourth-order valence-corrected chi connectivity index (χ4v) is 2.52. The molecule has 0 aliphatic heterocycles. The van der Waals surface area contributed by atoms with E-state index in [2.05, 4.69) is 10.3 Å². The van der Waals surface area contributed by atoms with Gasteiger partial charge in [0.15, 0.2) is 11.3 Å². The summed E-state index contributed by atoms with van der Waals surface area (Å²) in [7, 11) is 1.63. The van der Waals surface area contributed by atoms with Gasteiger partial charge in [0.25, 0.3) is 0 Å². The SMILES string of the molecule is COc1cccc2cc([C@H](C)NC[C@H](O)c3ccncc3)oc12. The van der Waals surface area contributed by atoms with Crippen molar-refractivity contribution in [3.8, 4) is 5.75 Å². The third-order valence-corrected chi connectivity index (χ3v) is 3.88. The van der Waals surface area contributed by atoms with Gasteiger partial charge in [-0.15, -0.1) is 0 Å². The molecule has 0 saturated carbocycles. The fraction of sp³-hybridized carbons (Fsp3) is 0.278. The summed E-state index contributed by atoms with van der Waals surface area (Å²) in [6.45, 7) is 2.43. The molecule has 2 N–H and O–H groups in total. The summed E-state index contributed by atoms with van der Waals surface area (Å²) in [6, 6.07) is 11.4. The molecule has 0 aliphatic carbocycles. The molecule has 0 spiro atoms. The van der Waals surface area contributed by atoms with Crippen LogP contribution in [-0.4, -0.2) is 23.7 Å². The molecule has 0 amide bonds. The number of aromatic nitrogens is 1. The molecule has 2 aromatic heterocycles. The van der Waals surface area contributed by atoms with Crippen LogP contribution in [0.3, 0.4) is 0 Å². The number of aliphatic hydroxyl groups is 1. The Balaban J connectivity index is 1.70. The largest absolute Gasteiger partial charge is 0.493 e. The summed E-state index contributed by atoms with van der Waals surface area (Å²) in [5, 5.41) is 14.5. The Bertz CT molecular complexity index is 770. The molecule has 0 radical (unpaired) electrons. The van der Waals surface area contributed by atoms with Crippen molar-refractivity contribution in [1.82, 2.24) is 10.3 Å². The van der Waals surface area contributed by atoms with Gasteiger partial charge >= 0.3 is 0 Å². The van der Waals surface area contributed by atoms with Crippen molar-refractivity contribution in [2.24, 2.45) is 0 Å². The van der Waals surface area contributed by atoms with E-state index in [9.17, 15) is 5.11 Å². The lowest BCUT2D eigenvalue weighted by Crippen LogP contribution is -2.24. The average Bonchev–Trinajstić information content (AvgIpc) is 3.04. The minimum atomic E-state index is -0.584. The molecule has 0 fully saturated rings. The van der Waals surface area contributed by atoms with E-state index in [1.807, 2.05) is 43.3 Å². The average molecular weight is 312 g/mol. The highest BCUT2D eigenvalue weighted by Crippen LogP contribution is 2.30. The minimum Gasteiger partial charge on any atom is -0.493 e. The zero-order valence-corrected chi connectivity index (χ0v) is 13.2. The first-order chi connectivity index (χ1) is 11.2. The van der Waals surface area contributed by atoms with E-state index in [0.29, 0.717) is 6.54 Å². The smallest absolute Gasteiger partial charge is 0.176 e. The number of benzene rings is 1. The number of fused-ring (bicyclic) bond motifs is 1. The monoisotopic (exact) mass is 312 g/mol. The van der Waals surface area contributed by atoms with Crippen LogP contribution >= 0.6 is 0 Å². The second kappa shape index (κ2) is 6.81. The Kier molecular flexibility index (Phi) is 4.60. The molecule has 0 bridgehead atoms. The third kappa shape index (κ3) is 3.36. The van der Waals surface area contributed by atoms with Gasteiger partial charge in [-0.2, -0.15) is 0 Å². The number of methoxy groups -OCH3 is 1. The highest BCUT2D eigenvalue weighted by atomic mass is 16.5. The molecule has 23 heavy (non-hydrogen) atoms. The summed E-state index contributed by atoms with van der Waals surface area (Å²) in [6.07, 6.45) is 2.76. The van der Waals surface area contributed by atoms with Crippen molar-refractivity contribution in [3.05, 3.63) is 60.1 Å². The summed E-state index contributed by atoms with van der Waals surface area (Å²) in [5.41, 5.74) is 1.58. The quantitative estimate of drug-likeness (QED) is 0.731. The number of hydrogen-bond donors (Lipinski definition) is 2. The molecule has 120 valence electrons. The van der Waals surface area contributed by atoms with Gasteiger partial charge in [0.1, 0.15) is 5.76 Å². The number of rotatable bonds is 6. The molecule has 0 aliphatic rings. The molecule has 2 heterocycles. The maximum absolute atomic E-state index is 10.2. The summed E-state index contributed by atoms with van der Waals surface area (Å²) < 4.78 is 11.2. The van der Waals surface area contributed by atoms with Crippen LogP contribution in [0.15, 0.2) is 53.2 Å². The predicted octanol–water partition coefficient (Wildman–Crippen LogP) is 3.22. The molecule has 0 saturated heterocycles. The summed E-state index contributed by atoms with van der Waals surface area (Å²) in [4.78, 5) is 3.95. The van der Waals surface area contributed by atoms with Crippen molar-refractivity contribution < 1.29 is 14.3 Å². The van der Waals surface area contributed by atoms with E-state index in [1.165, 1.54) is 0 Å². The topological polar surface area (TPSA) is 67.5 Å². The van der Waals surface area contributed by atoms with Crippen LogP contribution in [0.1, 0.15) is 30.4 Å². The van der Waals surface area contributed by atoms with Gasteiger partial charge in [-0.25, -0.2) is 0 Å². The molecule has 2 atom stereocenters. The summed E-state index contributed by atoms with van der Waals surface area (Å²) >= 11 is 0. The minimum absolute atomic E-state index is 0.0245. The third-order valence-electron chi connectivity index (χ3n) is 3.88. The van der Waals surface area contributed by atoms with Gasteiger partial charge in [0, 0.05) is 24.3 Å². The van der Waals surface area contributed by atoms with Crippen molar-refractivity contribution in [1.29, 1.82) is 0 Å². The molecule has 3 aromatic rings. The first-order valence-corrected chi connectivity index (χ1v) is 7.57. The molecular weight excluding hydrogens is 292 g/mol. The number of hydrogen-bond acceptors (Lipinski definition) is 5. The first kappa shape index (κ1) is 15.5. The summed E-state index contributed by atoms with van der Waals surface area (Å²) in [5.74, 6) is 1.53. The zero-order valence-electron chi connectivity index (χ0n) is 13.2. The Morgan fingerprint density at radius 3 is 2.78 bits per heavy atom. The Morgan fingerprint density at radius 2 is 2.04 bits per heavy atom. The molecule has 1 aromatic carbocycles. The van der Waals surface area contributed by atoms with Gasteiger partial charge in [0.05, 0.1) is 19.3 Å². The fourth-order valence-electron chi connectivity index (χ4n) is 2.52. The lowest BCUT2D eigenvalue weighted by Gasteiger charge is -2.15. The predicted molar refractivity (Wildman–Crippen MR) is 88.4 cm³/mol. The molecular formula is C18H20N2O3. The Hall–Kier alpha value is -2.37. The number of furan rings is 1. The maximum atomic E-state index is 10.2. The first-order valence-electron chi connectivity index (χ1n) is 7.57. The molecule has 0 unspecified atom stereocenters. The number of pyridine rings is 1. The van der Waals surface area contributed by atoms with Crippen LogP contribution < -0.4 is 10.1 Å². The van der Waals surface area contributed by atoms with E-state index in [1.54, 1.807) is 19.5 Å². The van der Waals surface area contributed by atoms with Crippen molar-refractivity contribution in [3.63, 3.8) is 0 Å². The maximum Gasteiger partial charge on any atom is 0.176 e. The molecule has 5 heteroatoms. The van der Waals surface area contributed by atoms with Crippen LogP contribution in [0.4, 0.5) is 0 Å². The highest BCUT2D eigenvalue weighted by molar-refractivity contribution is 5.83. The van der Waals surface area contributed by atoms with Gasteiger partial charge in [-0.05, 0) is 36.8 Å². The van der Waals surface area contributed by atoms with Crippen LogP contribution in [0.2, 0.25) is 0 Å². The van der Waals surface area contributed by atoms with Gasteiger partial charge in [-0.3, -0.25) is 4.98 Å². The normalized spacial score (nSPS) is 13.9. The van der Waals surface area contributed by atoms with E-state index < -0.39 is 6.10 Å². The number of aliphatic hydroxyl groups excluding tert-OH is 1. The van der Waals surface area contributed by atoms with E-state index in [4.69, 9.17) is 9.15 Å². The Morgan fingerprint density at radius 1 is 1.26 bits per heavy atom. The van der Waals surface area contributed by atoms with Crippen molar-refractivity contribution in [2.75, 3.05) is 13.7 Å². The number of para-hydroxylation sites is 1. The number of nitrogens with one attached hydrogen (secondary N) is 1. The Labute approximate surface area is 134 Å². The number of nitrogens with zero attached hydrogens (tertiary/aromatic N) is 1. The van der Waals surface area contributed by atoms with Crippen LogP contribution in [-0.2, 0) is 0 Å². The van der Waals surface area contributed by atoms with Crippen LogP contribution in [0, 0.1) is 0 Å². The van der Waals surface area contributed by atoms with Crippen molar-refractivity contribution in [2.45, 2.75) is 19.1 Å². The lowest BCUT2D eigenvalue weighted by atomic mass is 10.1. The second-order valence-corrected chi connectivity index (χ2v) is 5.45. The van der Waals surface area contributed by atoms with Crippen LogP contribution in [0.25, 0.3) is 11.0 Å². The number of ether oxygens (including phenoxy) is 1. The van der Waals surface area contributed by atoms with Gasteiger partial charge in [-0.1, -0.05) is 12.1 Å². The van der Waals surface area contributed by atoms with Gasteiger partial charge in [0.2, 0.25) is 0 Å². The second-order valence-electron chi connectivity index (χ2n) is 5.45. The van der Waals surface area contributed by atoms with E-state index >= 15 is 0 Å². The van der Waals surface area contributed by atoms with E-state index in [0.717, 1.165) is 28.0 Å². The van der Waals surface area contributed by atoms with Crippen molar-refractivity contribution >= 4 is 11.0 Å². The molecule has 5 nitrogen and oxygen atoms in total.